The van der Waals surface area contributed by atoms with Crippen molar-refractivity contribution >= 4 is 29.9 Å². The van der Waals surface area contributed by atoms with Crippen molar-refractivity contribution in [2.45, 2.75) is 12.8 Å². The van der Waals surface area contributed by atoms with Gasteiger partial charge < -0.3 is 20.3 Å². The molecule has 2 rings (SSSR count). The van der Waals surface area contributed by atoms with E-state index in [9.17, 15) is 9.59 Å². The van der Waals surface area contributed by atoms with E-state index in [1.54, 1.807) is 4.90 Å². The van der Waals surface area contributed by atoms with Crippen LogP contribution in [0.15, 0.2) is 24.3 Å². The van der Waals surface area contributed by atoms with Crippen LogP contribution in [0.25, 0.3) is 0 Å². The highest BCUT2D eigenvalue weighted by molar-refractivity contribution is 5.85. The van der Waals surface area contributed by atoms with Crippen molar-refractivity contribution in [1.82, 2.24) is 9.80 Å². The maximum absolute atomic E-state index is 12.2. The molecule has 0 unspecified atom stereocenters. The zero-order chi connectivity index (χ0) is 15.9. The summed E-state index contributed by atoms with van der Waals surface area (Å²) in [5.41, 5.74) is 7.62. The lowest BCUT2D eigenvalue weighted by Gasteiger charge is -2.34. The zero-order valence-corrected chi connectivity index (χ0v) is 14.2. The highest BCUT2D eigenvalue weighted by atomic mass is 35.5. The standard InChI is InChI=1S/C16H23N3O3.ClH/c1-22-12-16(21)19-10-8-18(9-11-19)15(20)7-6-13-4-2-3-5-14(13)17;/h2-5H,6-12,17H2,1H3;1H. The molecule has 0 aliphatic carbocycles. The Balaban J connectivity index is 0.00000264. The number of piperazine rings is 1. The summed E-state index contributed by atoms with van der Waals surface area (Å²) >= 11 is 0. The third kappa shape index (κ3) is 5.41. The molecule has 23 heavy (non-hydrogen) atoms. The van der Waals surface area contributed by atoms with E-state index in [2.05, 4.69) is 0 Å². The van der Waals surface area contributed by atoms with Gasteiger partial charge in [0.1, 0.15) is 6.61 Å². The molecule has 7 heteroatoms. The van der Waals surface area contributed by atoms with Crippen molar-refractivity contribution in [3.8, 4) is 0 Å². The van der Waals surface area contributed by atoms with Crippen LogP contribution in [0.2, 0.25) is 0 Å². The molecule has 1 fully saturated rings. The molecule has 0 saturated carbocycles. The molecule has 1 aliphatic heterocycles. The number of nitrogen functional groups attached to an aromatic ring is 1. The van der Waals surface area contributed by atoms with Crippen LogP contribution >= 0.6 is 12.4 Å². The Hall–Kier alpha value is -1.79. The highest BCUT2D eigenvalue weighted by Crippen LogP contribution is 2.14. The van der Waals surface area contributed by atoms with Gasteiger partial charge in [-0.1, -0.05) is 18.2 Å². The van der Waals surface area contributed by atoms with Crippen LogP contribution in [0.4, 0.5) is 5.69 Å². The summed E-state index contributed by atoms with van der Waals surface area (Å²) in [6.45, 7) is 2.40. The van der Waals surface area contributed by atoms with Crippen LogP contribution in [0.5, 0.6) is 0 Å². The summed E-state index contributed by atoms with van der Waals surface area (Å²) < 4.78 is 4.85. The Morgan fingerprint density at radius 2 is 1.65 bits per heavy atom. The predicted molar refractivity (Wildman–Crippen MR) is 91.5 cm³/mol. The first-order valence-corrected chi connectivity index (χ1v) is 7.49. The molecule has 1 heterocycles. The van der Waals surface area contributed by atoms with E-state index in [-0.39, 0.29) is 30.8 Å². The lowest BCUT2D eigenvalue weighted by molar-refractivity contribution is -0.141. The summed E-state index contributed by atoms with van der Waals surface area (Å²) in [6, 6.07) is 7.61. The third-order valence-electron chi connectivity index (χ3n) is 3.92. The number of ether oxygens (including phenoxy) is 1. The van der Waals surface area contributed by atoms with E-state index in [0.29, 0.717) is 39.0 Å². The molecule has 2 amide bonds. The van der Waals surface area contributed by atoms with E-state index < -0.39 is 0 Å². The van der Waals surface area contributed by atoms with Crippen molar-refractivity contribution in [3.05, 3.63) is 29.8 Å². The monoisotopic (exact) mass is 341 g/mol. The Bertz CT molecular complexity index is 531. The van der Waals surface area contributed by atoms with E-state index >= 15 is 0 Å². The minimum absolute atomic E-state index is 0. The van der Waals surface area contributed by atoms with Crippen LogP contribution in [0.1, 0.15) is 12.0 Å². The second kappa shape index (κ2) is 9.37. The number of anilines is 1. The quantitative estimate of drug-likeness (QED) is 0.809. The van der Waals surface area contributed by atoms with Crippen LogP contribution < -0.4 is 5.73 Å². The van der Waals surface area contributed by atoms with Crippen molar-refractivity contribution in [3.63, 3.8) is 0 Å². The number of benzene rings is 1. The number of amides is 2. The molecule has 1 aliphatic rings. The van der Waals surface area contributed by atoms with E-state index in [1.807, 2.05) is 29.2 Å². The number of hydrogen-bond acceptors (Lipinski definition) is 4. The van der Waals surface area contributed by atoms with Gasteiger partial charge in [-0.25, -0.2) is 0 Å². The van der Waals surface area contributed by atoms with Gasteiger partial charge in [0, 0.05) is 45.4 Å². The Kier molecular flexibility index (Phi) is 7.85. The fraction of sp³-hybridized carbons (Fsp3) is 0.500. The number of carbonyl (C=O) groups is 2. The van der Waals surface area contributed by atoms with Gasteiger partial charge in [0.15, 0.2) is 0 Å². The van der Waals surface area contributed by atoms with Crippen molar-refractivity contribution in [1.29, 1.82) is 0 Å². The minimum Gasteiger partial charge on any atom is -0.399 e. The van der Waals surface area contributed by atoms with Crippen LogP contribution in [0, 0.1) is 0 Å². The summed E-state index contributed by atoms with van der Waals surface area (Å²) in [5.74, 6) is 0.0914. The van der Waals surface area contributed by atoms with Crippen molar-refractivity contribution in [2.24, 2.45) is 0 Å². The van der Waals surface area contributed by atoms with Crippen molar-refractivity contribution in [2.75, 3.05) is 45.6 Å². The number of rotatable bonds is 5. The van der Waals surface area contributed by atoms with Gasteiger partial charge in [0.05, 0.1) is 0 Å². The summed E-state index contributed by atoms with van der Waals surface area (Å²) in [4.78, 5) is 27.5. The lowest BCUT2D eigenvalue weighted by atomic mass is 10.1. The second-order valence-corrected chi connectivity index (χ2v) is 5.39. The normalized spacial score (nSPS) is 14.3. The number of methoxy groups -OCH3 is 1. The number of carbonyl (C=O) groups excluding carboxylic acids is 2. The molecule has 2 N–H and O–H groups in total. The van der Waals surface area contributed by atoms with Crippen LogP contribution in [0.3, 0.4) is 0 Å². The molecule has 1 aromatic rings. The van der Waals surface area contributed by atoms with Crippen LogP contribution in [-0.2, 0) is 20.7 Å². The predicted octanol–water partition coefficient (Wildman–Crippen LogP) is 0.940. The zero-order valence-electron chi connectivity index (χ0n) is 13.4. The Labute approximate surface area is 143 Å². The number of nitrogens with two attached hydrogens (primary N) is 1. The molecule has 0 atom stereocenters. The summed E-state index contributed by atoms with van der Waals surface area (Å²) in [5, 5.41) is 0. The first-order valence-electron chi connectivity index (χ1n) is 7.49. The third-order valence-corrected chi connectivity index (χ3v) is 3.92. The first-order chi connectivity index (χ1) is 10.6. The molecule has 0 aromatic heterocycles. The molecule has 0 radical (unpaired) electrons. The van der Waals surface area contributed by atoms with Crippen molar-refractivity contribution < 1.29 is 14.3 Å². The van der Waals surface area contributed by atoms with Gasteiger partial charge in [-0.05, 0) is 18.1 Å². The number of halogens is 1. The van der Waals surface area contributed by atoms with Gasteiger partial charge >= 0.3 is 0 Å². The van der Waals surface area contributed by atoms with Gasteiger partial charge in [0.25, 0.3) is 0 Å². The molecule has 0 bridgehead atoms. The van der Waals surface area contributed by atoms with E-state index in [4.69, 9.17) is 10.5 Å². The molecular weight excluding hydrogens is 318 g/mol. The fourth-order valence-electron chi connectivity index (χ4n) is 2.58. The number of nitrogens with zero attached hydrogens (tertiary/aromatic N) is 2. The molecule has 0 spiro atoms. The molecular formula is C16H24ClN3O3. The maximum atomic E-state index is 12.2. The average molecular weight is 342 g/mol. The summed E-state index contributed by atoms with van der Waals surface area (Å²) in [6.07, 6.45) is 1.09. The molecule has 128 valence electrons. The molecule has 6 nitrogen and oxygen atoms in total. The first kappa shape index (κ1) is 19.3. The van der Waals surface area contributed by atoms with Crippen LogP contribution in [-0.4, -0.2) is 61.5 Å². The van der Waals surface area contributed by atoms with E-state index in [1.165, 1.54) is 7.11 Å². The number of para-hydroxylation sites is 1. The largest absolute Gasteiger partial charge is 0.399 e. The van der Waals surface area contributed by atoms with Gasteiger partial charge in [-0.2, -0.15) is 0 Å². The Morgan fingerprint density at radius 3 is 2.22 bits per heavy atom. The number of aryl methyl sites for hydroxylation is 1. The fourth-order valence-corrected chi connectivity index (χ4v) is 2.58. The van der Waals surface area contributed by atoms with Gasteiger partial charge in [0.2, 0.25) is 11.8 Å². The Morgan fingerprint density at radius 1 is 1.09 bits per heavy atom. The average Bonchev–Trinajstić information content (AvgIpc) is 2.54. The van der Waals surface area contributed by atoms with Gasteiger partial charge in [-0.3, -0.25) is 9.59 Å². The minimum atomic E-state index is -0.0216. The SMILES string of the molecule is COCC(=O)N1CCN(C(=O)CCc2ccccc2N)CC1.Cl. The summed E-state index contributed by atoms with van der Waals surface area (Å²) in [7, 11) is 1.51. The number of hydrogen-bond donors (Lipinski definition) is 1. The van der Waals surface area contributed by atoms with Gasteiger partial charge in [-0.15, -0.1) is 12.4 Å². The van der Waals surface area contributed by atoms with E-state index in [0.717, 1.165) is 11.3 Å². The molecule has 1 aromatic carbocycles. The second-order valence-electron chi connectivity index (χ2n) is 5.39. The smallest absolute Gasteiger partial charge is 0.248 e. The topological polar surface area (TPSA) is 75.9 Å². The molecule has 1 saturated heterocycles. The maximum Gasteiger partial charge on any atom is 0.248 e. The highest BCUT2D eigenvalue weighted by Gasteiger charge is 2.23. The lowest BCUT2D eigenvalue weighted by Crippen LogP contribution is -2.51.